The summed E-state index contributed by atoms with van der Waals surface area (Å²) in [5.74, 6) is 6.10. The second kappa shape index (κ2) is 5.60. The van der Waals surface area contributed by atoms with Gasteiger partial charge >= 0.3 is 0 Å². The number of rotatable bonds is 4. The van der Waals surface area contributed by atoms with E-state index in [1.54, 1.807) is 19.4 Å². The summed E-state index contributed by atoms with van der Waals surface area (Å²) in [6.45, 7) is 0.758. The van der Waals surface area contributed by atoms with E-state index in [9.17, 15) is 0 Å². The van der Waals surface area contributed by atoms with Crippen molar-refractivity contribution in [1.82, 2.24) is 15.4 Å². The normalized spacial score (nSPS) is 16.9. The first-order chi connectivity index (χ1) is 8.35. The fourth-order valence-electron chi connectivity index (χ4n) is 1.80. The lowest BCUT2D eigenvalue weighted by Gasteiger charge is -2.22. The molecule has 2 rings (SSSR count). The minimum Gasteiger partial charge on any atom is -0.501 e. The third kappa shape index (κ3) is 2.72. The van der Waals surface area contributed by atoms with Crippen molar-refractivity contribution in [2.45, 2.75) is 18.9 Å². The lowest BCUT2D eigenvalue weighted by atomic mass is 10.00. The maximum atomic E-state index is 5.58. The van der Waals surface area contributed by atoms with Gasteiger partial charge in [-0.05, 0) is 18.4 Å². The number of methoxy groups -OCH3 is 1. The van der Waals surface area contributed by atoms with Crippen LogP contribution in [0.2, 0.25) is 0 Å². The van der Waals surface area contributed by atoms with Gasteiger partial charge in [-0.25, -0.2) is 15.4 Å². The van der Waals surface area contributed by atoms with Gasteiger partial charge < -0.3 is 9.47 Å². The van der Waals surface area contributed by atoms with Crippen LogP contribution in [0, 0.1) is 0 Å². The van der Waals surface area contributed by atoms with Crippen LogP contribution in [0.5, 0.6) is 5.88 Å². The van der Waals surface area contributed by atoms with E-state index in [1.807, 2.05) is 0 Å². The zero-order valence-electron chi connectivity index (χ0n) is 9.72. The predicted molar refractivity (Wildman–Crippen MR) is 61.9 cm³/mol. The molecular weight excluding hydrogens is 220 g/mol. The smallest absolute Gasteiger partial charge is 0.216 e. The van der Waals surface area contributed by atoms with Crippen molar-refractivity contribution in [2.24, 2.45) is 5.84 Å². The molecule has 1 aliphatic heterocycles. The highest BCUT2D eigenvalue weighted by atomic mass is 16.5. The van der Waals surface area contributed by atoms with Crippen molar-refractivity contribution in [2.75, 3.05) is 13.7 Å². The van der Waals surface area contributed by atoms with Crippen molar-refractivity contribution in [3.05, 3.63) is 29.9 Å². The zero-order valence-corrected chi connectivity index (χ0v) is 9.72. The number of hydrogen-bond acceptors (Lipinski definition) is 6. The van der Waals surface area contributed by atoms with Gasteiger partial charge in [-0.2, -0.15) is 0 Å². The molecule has 0 radical (unpaired) electrons. The molecule has 6 nitrogen and oxygen atoms in total. The summed E-state index contributed by atoms with van der Waals surface area (Å²) in [6, 6.07) is 1.60. The number of hydrazine groups is 1. The van der Waals surface area contributed by atoms with Gasteiger partial charge in [-0.1, -0.05) is 0 Å². The van der Waals surface area contributed by atoms with Crippen LogP contribution >= 0.6 is 0 Å². The van der Waals surface area contributed by atoms with Gasteiger partial charge in [-0.3, -0.25) is 5.84 Å². The summed E-state index contributed by atoms with van der Waals surface area (Å²) in [7, 11) is 1.57. The Kier molecular flexibility index (Phi) is 3.89. The minimum absolute atomic E-state index is 0.160. The summed E-state index contributed by atoms with van der Waals surface area (Å²) in [5.41, 5.74) is 4.60. The van der Waals surface area contributed by atoms with Crippen molar-refractivity contribution < 1.29 is 9.47 Å². The van der Waals surface area contributed by atoms with Crippen LogP contribution in [0.4, 0.5) is 0 Å². The van der Waals surface area contributed by atoms with Crippen LogP contribution in [-0.4, -0.2) is 23.7 Å². The van der Waals surface area contributed by atoms with E-state index < -0.39 is 0 Å². The monoisotopic (exact) mass is 236 g/mol. The highest BCUT2D eigenvalue weighted by Gasteiger charge is 2.19. The molecule has 0 saturated carbocycles. The molecule has 0 aliphatic carbocycles. The number of nitrogens with one attached hydrogen (secondary N) is 1. The fourth-order valence-corrected chi connectivity index (χ4v) is 1.80. The molecule has 6 heteroatoms. The highest BCUT2D eigenvalue weighted by Crippen LogP contribution is 2.26. The SMILES string of the molecule is COc1cc(C(NN)C2=COCCC2)ncn1. The Balaban J connectivity index is 2.24. The molecule has 1 atom stereocenters. The molecule has 1 aromatic heterocycles. The fraction of sp³-hybridized carbons (Fsp3) is 0.455. The standard InChI is InChI=1S/C11H16N4O2/c1-16-10-5-9(13-7-14-10)11(15-12)8-3-2-4-17-6-8/h5-7,11,15H,2-4,12H2,1H3. The van der Waals surface area contributed by atoms with Gasteiger partial charge in [0.25, 0.3) is 0 Å². The van der Waals surface area contributed by atoms with Crippen molar-refractivity contribution >= 4 is 0 Å². The Labute approximate surface area is 99.8 Å². The Morgan fingerprint density at radius 1 is 1.53 bits per heavy atom. The van der Waals surface area contributed by atoms with E-state index in [-0.39, 0.29) is 6.04 Å². The van der Waals surface area contributed by atoms with Crippen LogP contribution in [0.15, 0.2) is 24.2 Å². The van der Waals surface area contributed by atoms with E-state index >= 15 is 0 Å². The molecule has 0 fully saturated rings. The largest absolute Gasteiger partial charge is 0.501 e. The third-order valence-corrected chi connectivity index (χ3v) is 2.67. The molecule has 0 spiro atoms. The number of ether oxygens (including phenoxy) is 2. The summed E-state index contributed by atoms with van der Waals surface area (Å²) >= 11 is 0. The topological polar surface area (TPSA) is 82.3 Å². The molecule has 17 heavy (non-hydrogen) atoms. The lowest BCUT2D eigenvalue weighted by Crippen LogP contribution is -2.31. The number of aromatic nitrogens is 2. The molecule has 92 valence electrons. The molecule has 0 aromatic carbocycles. The maximum absolute atomic E-state index is 5.58. The molecule has 2 heterocycles. The van der Waals surface area contributed by atoms with Crippen LogP contribution in [0.1, 0.15) is 24.6 Å². The van der Waals surface area contributed by atoms with Gasteiger partial charge in [0.2, 0.25) is 5.88 Å². The molecule has 0 bridgehead atoms. The van der Waals surface area contributed by atoms with Gasteiger partial charge in [0.1, 0.15) is 6.33 Å². The summed E-state index contributed by atoms with van der Waals surface area (Å²) in [5, 5.41) is 0. The molecular formula is C11H16N4O2. The first-order valence-corrected chi connectivity index (χ1v) is 5.47. The second-order valence-electron chi connectivity index (χ2n) is 3.75. The van der Waals surface area contributed by atoms with E-state index in [4.69, 9.17) is 15.3 Å². The van der Waals surface area contributed by atoms with E-state index in [1.165, 1.54) is 6.33 Å². The van der Waals surface area contributed by atoms with E-state index in [2.05, 4.69) is 15.4 Å². The summed E-state index contributed by atoms with van der Waals surface area (Å²) in [6.07, 6.45) is 5.15. The van der Waals surface area contributed by atoms with Gasteiger partial charge in [-0.15, -0.1) is 0 Å². The zero-order chi connectivity index (χ0) is 12.1. The van der Waals surface area contributed by atoms with E-state index in [0.717, 1.165) is 30.7 Å². The third-order valence-electron chi connectivity index (χ3n) is 2.67. The minimum atomic E-state index is -0.160. The van der Waals surface area contributed by atoms with Gasteiger partial charge in [0.05, 0.1) is 31.7 Å². The average Bonchev–Trinajstić information content (AvgIpc) is 2.41. The van der Waals surface area contributed by atoms with Crippen LogP contribution < -0.4 is 16.0 Å². The van der Waals surface area contributed by atoms with E-state index in [0.29, 0.717) is 5.88 Å². The Morgan fingerprint density at radius 3 is 3.06 bits per heavy atom. The highest BCUT2D eigenvalue weighted by molar-refractivity contribution is 5.25. The van der Waals surface area contributed by atoms with Crippen molar-refractivity contribution in [1.29, 1.82) is 0 Å². The molecule has 3 N–H and O–H groups in total. The lowest BCUT2D eigenvalue weighted by molar-refractivity contribution is 0.219. The average molecular weight is 236 g/mol. The Hall–Kier alpha value is -1.66. The number of nitrogens with two attached hydrogens (primary N) is 1. The molecule has 1 unspecified atom stereocenters. The van der Waals surface area contributed by atoms with Crippen molar-refractivity contribution in [3.63, 3.8) is 0 Å². The van der Waals surface area contributed by atoms with Gasteiger partial charge in [0, 0.05) is 6.07 Å². The maximum Gasteiger partial charge on any atom is 0.216 e. The summed E-state index contributed by atoms with van der Waals surface area (Å²) in [4.78, 5) is 8.17. The first kappa shape index (κ1) is 11.8. The first-order valence-electron chi connectivity index (χ1n) is 5.47. The predicted octanol–water partition coefficient (Wildman–Crippen LogP) is 0.684. The van der Waals surface area contributed by atoms with Crippen molar-refractivity contribution in [3.8, 4) is 5.88 Å². The Bertz CT molecular complexity index is 408. The van der Waals surface area contributed by atoms with Crippen LogP contribution in [-0.2, 0) is 4.74 Å². The van der Waals surface area contributed by atoms with Crippen LogP contribution in [0.3, 0.4) is 0 Å². The summed E-state index contributed by atoms with van der Waals surface area (Å²) < 4.78 is 10.4. The molecule has 0 saturated heterocycles. The quantitative estimate of drug-likeness (QED) is 0.591. The molecule has 0 amide bonds. The second-order valence-corrected chi connectivity index (χ2v) is 3.75. The molecule has 1 aliphatic rings. The van der Waals surface area contributed by atoms with Gasteiger partial charge in [0.15, 0.2) is 0 Å². The number of hydrogen-bond donors (Lipinski definition) is 2. The van der Waals surface area contributed by atoms with Crippen LogP contribution in [0.25, 0.3) is 0 Å². The molecule has 1 aromatic rings. The number of nitrogens with zero attached hydrogens (tertiary/aromatic N) is 2. The Morgan fingerprint density at radius 2 is 2.41 bits per heavy atom.